The smallest absolute Gasteiger partial charge is 0.166 e. The molecule has 2 aromatic rings. The zero-order chi connectivity index (χ0) is 23.1. The average molecular weight is 472 g/mol. The van der Waals surface area contributed by atoms with E-state index in [2.05, 4.69) is 59.7 Å². The van der Waals surface area contributed by atoms with E-state index in [1.54, 1.807) is 14.2 Å². The van der Waals surface area contributed by atoms with E-state index in [1.165, 1.54) is 22.3 Å². The summed E-state index contributed by atoms with van der Waals surface area (Å²) in [5, 5.41) is 0. The lowest BCUT2D eigenvalue weighted by atomic mass is 9.80. The first-order valence-electron chi connectivity index (χ1n) is 11.3. The van der Waals surface area contributed by atoms with Crippen LogP contribution in [0.1, 0.15) is 69.4 Å². The predicted molar refractivity (Wildman–Crippen MR) is 133 cm³/mol. The monoisotopic (exact) mass is 471 g/mol. The number of hydrogen-bond donors (Lipinski definition) is 0. The van der Waals surface area contributed by atoms with Crippen molar-refractivity contribution in [2.45, 2.75) is 77.5 Å². The molecule has 0 saturated carbocycles. The fourth-order valence-corrected chi connectivity index (χ4v) is 5.40. The first-order chi connectivity index (χ1) is 14.9. The fraction of sp³-hybridized carbons (Fsp3) is 0.519. The van der Waals surface area contributed by atoms with Crippen molar-refractivity contribution in [2.24, 2.45) is 4.99 Å². The van der Waals surface area contributed by atoms with Crippen LogP contribution in [0, 0.1) is 0 Å². The van der Waals surface area contributed by atoms with Crippen LogP contribution in [0.3, 0.4) is 0 Å². The Hall–Kier alpha value is -2.40. The van der Waals surface area contributed by atoms with Crippen molar-refractivity contribution in [3.63, 3.8) is 0 Å². The standard InChI is InChI=1S/C27H33NO4.ClH/c1-25(2)12-16-11-20(30-8)24-18(14-27(5,6)32-24)21(16)22(28-25)15-9-17-13-26(3,4)31-23(17)19(10-15)29-7;/h9-11H,12-14H2,1-8H3;1H. The normalized spacial score (nSPS) is 20.3. The molecule has 0 aliphatic carbocycles. The maximum absolute atomic E-state index is 6.34. The van der Waals surface area contributed by atoms with Crippen LogP contribution in [-0.2, 0) is 19.3 Å². The lowest BCUT2D eigenvalue weighted by Gasteiger charge is -2.31. The van der Waals surface area contributed by atoms with Crippen molar-refractivity contribution in [3.8, 4) is 23.0 Å². The summed E-state index contributed by atoms with van der Waals surface area (Å²) in [5.74, 6) is 3.27. The zero-order valence-corrected chi connectivity index (χ0v) is 21.7. The third kappa shape index (κ3) is 3.95. The predicted octanol–water partition coefficient (Wildman–Crippen LogP) is 5.72. The Morgan fingerprint density at radius 3 is 2.03 bits per heavy atom. The second kappa shape index (κ2) is 7.56. The molecule has 0 unspecified atom stereocenters. The first-order valence-corrected chi connectivity index (χ1v) is 11.3. The van der Waals surface area contributed by atoms with Crippen LogP contribution in [-0.4, -0.2) is 36.7 Å². The molecule has 5 nitrogen and oxygen atoms in total. The third-order valence-electron chi connectivity index (χ3n) is 6.52. The summed E-state index contributed by atoms with van der Waals surface area (Å²) in [7, 11) is 3.42. The summed E-state index contributed by atoms with van der Waals surface area (Å²) in [6, 6.07) is 6.44. The average Bonchev–Trinajstić information content (AvgIpc) is 3.18. The van der Waals surface area contributed by atoms with Crippen LogP contribution in [0.4, 0.5) is 0 Å². The van der Waals surface area contributed by atoms with Gasteiger partial charge in [0.2, 0.25) is 0 Å². The molecule has 0 atom stereocenters. The maximum atomic E-state index is 6.34. The van der Waals surface area contributed by atoms with Crippen molar-refractivity contribution in [2.75, 3.05) is 14.2 Å². The number of fused-ring (bicyclic) bond motifs is 4. The fourth-order valence-electron chi connectivity index (χ4n) is 5.40. The van der Waals surface area contributed by atoms with E-state index in [0.717, 1.165) is 53.5 Å². The minimum absolute atomic E-state index is 0. The number of ether oxygens (including phenoxy) is 4. The van der Waals surface area contributed by atoms with Crippen molar-refractivity contribution in [1.29, 1.82) is 0 Å². The summed E-state index contributed by atoms with van der Waals surface area (Å²) < 4.78 is 24.0. The highest BCUT2D eigenvalue weighted by atomic mass is 35.5. The number of methoxy groups -OCH3 is 2. The maximum Gasteiger partial charge on any atom is 0.166 e. The largest absolute Gasteiger partial charge is 0.493 e. The minimum atomic E-state index is -0.281. The highest BCUT2D eigenvalue weighted by Gasteiger charge is 2.40. The molecule has 3 aliphatic rings. The van der Waals surface area contributed by atoms with Gasteiger partial charge in [0.05, 0.1) is 25.5 Å². The van der Waals surface area contributed by atoms with Crippen molar-refractivity contribution >= 4 is 18.1 Å². The molecule has 6 heteroatoms. The zero-order valence-electron chi connectivity index (χ0n) is 20.8. The van der Waals surface area contributed by atoms with Crippen LogP contribution in [0.2, 0.25) is 0 Å². The highest BCUT2D eigenvalue weighted by Crippen LogP contribution is 2.49. The van der Waals surface area contributed by atoms with Gasteiger partial charge in [-0.3, -0.25) is 4.99 Å². The third-order valence-corrected chi connectivity index (χ3v) is 6.52. The summed E-state index contributed by atoms with van der Waals surface area (Å²) in [6.07, 6.45) is 2.51. The lowest BCUT2D eigenvalue weighted by molar-refractivity contribution is 0.133. The number of hydrogen-bond acceptors (Lipinski definition) is 5. The van der Waals surface area contributed by atoms with Gasteiger partial charge in [0.15, 0.2) is 23.0 Å². The lowest BCUT2D eigenvalue weighted by Crippen LogP contribution is -2.30. The van der Waals surface area contributed by atoms with Gasteiger partial charge in [0.25, 0.3) is 0 Å². The second-order valence-corrected chi connectivity index (χ2v) is 11.1. The van der Waals surface area contributed by atoms with E-state index < -0.39 is 0 Å². The molecule has 0 amide bonds. The molecule has 3 heterocycles. The Bertz CT molecular complexity index is 1160. The van der Waals surface area contributed by atoms with E-state index in [9.17, 15) is 0 Å². The summed E-state index contributed by atoms with van der Waals surface area (Å²) >= 11 is 0. The van der Waals surface area contributed by atoms with Gasteiger partial charge in [0, 0.05) is 35.1 Å². The molecule has 0 saturated heterocycles. The van der Waals surface area contributed by atoms with Gasteiger partial charge >= 0.3 is 0 Å². The van der Waals surface area contributed by atoms with E-state index in [0.29, 0.717) is 0 Å². The summed E-state index contributed by atoms with van der Waals surface area (Å²) in [4.78, 5) is 5.27. The SMILES string of the molecule is COc1cc(C2=NC(C)(C)Cc3cc(OC)c4c(c32)CC(C)(C)O4)cc2c1OC(C)(C)C2.Cl. The molecule has 0 radical (unpaired) electrons. The van der Waals surface area contributed by atoms with Crippen molar-refractivity contribution in [1.82, 2.24) is 0 Å². The number of nitrogens with zero attached hydrogens (tertiary/aromatic N) is 1. The summed E-state index contributed by atoms with van der Waals surface area (Å²) in [5.41, 5.74) is 6.11. The minimum Gasteiger partial charge on any atom is -0.493 e. The Balaban J connectivity index is 0.00000259. The van der Waals surface area contributed by atoms with Gasteiger partial charge < -0.3 is 18.9 Å². The van der Waals surface area contributed by atoms with Crippen LogP contribution >= 0.6 is 12.4 Å². The highest BCUT2D eigenvalue weighted by molar-refractivity contribution is 6.16. The molecule has 0 bridgehead atoms. The molecule has 0 spiro atoms. The number of aliphatic imine (C=N–C) groups is 1. The van der Waals surface area contributed by atoms with Gasteiger partial charge in [-0.05, 0) is 71.7 Å². The van der Waals surface area contributed by atoms with Crippen molar-refractivity contribution < 1.29 is 18.9 Å². The first kappa shape index (κ1) is 23.7. The summed E-state index contributed by atoms with van der Waals surface area (Å²) in [6.45, 7) is 12.8. The molecule has 3 aliphatic heterocycles. The Labute approximate surface area is 202 Å². The molecule has 5 rings (SSSR count). The van der Waals surface area contributed by atoms with Gasteiger partial charge in [-0.15, -0.1) is 12.4 Å². The molecular weight excluding hydrogens is 438 g/mol. The Morgan fingerprint density at radius 2 is 1.36 bits per heavy atom. The van der Waals surface area contributed by atoms with Crippen LogP contribution in [0.15, 0.2) is 23.2 Å². The van der Waals surface area contributed by atoms with Crippen LogP contribution < -0.4 is 18.9 Å². The van der Waals surface area contributed by atoms with E-state index in [4.69, 9.17) is 23.9 Å². The van der Waals surface area contributed by atoms with E-state index in [1.807, 2.05) is 0 Å². The van der Waals surface area contributed by atoms with Gasteiger partial charge in [-0.1, -0.05) is 0 Å². The molecule has 178 valence electrons. The topological polar surface area (TPSA) is 49.3 Å². The van der Waals surface area contributed by atoms with E-state index >= 15 is 0 Å². The Kier molecular flexibility index (Phi) is 5.44. The van der Waals surface area contributed by atoms with Gasteiger partial charge in [-0.25, -0.2) is 0 Å². The van der Waals surface area contributed by atoms with Gasteiger partial charge in [0.1, 0.15) is 11.2 Å². The molecule has 0 aromatic heterocycles. The van der Waals surface area contributed by atoms with Crippen LogP contribution in [0.25, 0.3) is 0 Å². The van der Waals surface area contributed by atoms with Crippen molar-refractivity contribution in [3.05, 3.63) is 46.0 Å². The molecule has 33 heavy (non-hydrogen) atoms. The number of halogens is 1. The molecule has 2 aromatic carbocycles. The second-order valence-electron chi connectivity index (χ2n) is 11.1. The molecule has 0 fully saturated rings. The van der Waals surface area contributed by atoms with Gasteiger partial charge in [-0.2, -0.15) is 0 Å². The van der Waals surface area contributed by atoms with E-state index in [-0.39, 0.29) is 29.1 Å². The Morgan fingerprint density at radius 1 is 0.758 bits per heavy atom. The number of rotatable bonds is 3. The molecular formula is C27H34ClNO4. The van der Waals surface area contributed by atoms with Crippen LogP contribution in [0.5, 0.6) is 23.0 Å². The number of benzene rings is 2. The quantitative estimate of drug-likeness (QED) is 0.574. The molecule has 0 N–H and O–H groups in total.